The number of hydrogen-bond acceptors (Lipinski definition) is 4. The first kappa shape index (κ1) is 19.0. The van der Waals surface area contributed by atoms with E-state index in [1.807, 2.05) is 12.1 Å². The van der Waals surface area contributed by atoms with E-state index in [2.05, 4.69) is 13.8 Å². The van der Waals surface area contributed by atoms with Gasteiger partial charge in [-0.15, -0.1) is 0 Å². The van der Waals surface area contributed by atoms with Crippen LogP contribution in [0.5, 0.6) is 5.75 Å². The van der Waals surface area contributed by atoms with Crippen LogP contribution in [0.3, 0.4) is 0 Å². The predicted molar refractivity (Wildman–Crippen MR) is 109 cm³/mol. The molecule has 1 aliphatic rings. The molecule has 0 bridgehead atoms. The Hall–Kier alpha value is -2.34. The molecule has 1 saturated heterocycles. The summed E-state index contributed by atoms with van der Waals surface area (Å²) in [5.41, 5.74) is 1.97. The minimum atomic E-state index is -0.158. The number of nitrogens with one attached hydrogen (secondary N) is 1. The number of aromatic hydroxyl groups is 1. The third-order valence-electron chi connectivity index (χ3n) is 5.23. The lowest BCUT2D eigenvalue weighted by molar-refractivity contribution is -0.928. The lowest BCUT2D eigenvalue weighted by atomic mass is 10.0. The smallest absolute Gasteiger partial charge is 0.200 e. The van der Waals surface area contributed by atoms with E-state index < -0.39 is 0 Å². The second-order valence-corrected chi connectivity index (χ2v) is 7.90. The summed E-state index contributed by atoms with van der Waals surface area (Å²) >= 11 is 6.26. The Morgan fingerprint density at radius 2 is 1.82 bits per heavy atom. The Kier molecular flexibility index (Phi) is 5.15. The fourth-order valence-corrected chi connectivity index (χ4v) is 4.30. The lowest BCUT2D eigenvalue weighted by Crippen LogP contribution is -3.14. The fraction of sp³-hybridized carbons (Fsp3) is 0.318. The van der Waals surface area contributed by atoms with Gasteiger partial charge in [-0.25, -0.2) is 0 Å². The zero-order valence-corrected chi connectivity index (χ0v) is 16.6. The predicted octanol–water partition coefficient (Wildman–Crippen LogP) is 3.01. The summed E-state index contributed by atoms with van der Waals surface area (Å²) in [5.74, 6) is 0.139. The first-order valence-electron chi connectivity index (χ1n) is 9.44. The van der Waals surface area contributed by atoms with E-state index in [0.717, 1.165) is 13.1 Å². The third-order valence-corrected chi connectivity index (χ3v) is 5.56. The maximum Gasteiger partial charge on any atom is 0.200 e. The second-order valence-electron chi connectivity index (χ2n) is 7.49. The topological polar surface area (TPSA) is 64.1 Å². The number of halogens is 1. The van der Waals surface area contributed by atoms with E-state index in [9.17, 15) is 9.90 Å². The number of fused-ring (bicyclic) bond motifs is 1. The highest BCUT2D eigenvalue weighted by atomic mass is 35.5. The van der Waals surface area contributed by atoms with E-state index in [-0.39, 0.29) is 23.4 Å². The van der Waals surface area contributed by atoms with Gasteiger partial charge >= 0.3 is 0 Å². The average Bonchev–Trinajstić information content (AvgIpc) is 2.64. The van der Waals surface area contributed by atoms with Crippen molar-refractivity contribution >= 4 is 22.6 Å². The SMILES string of the molecule is CC1C[NH+](Cc2c(O)ccc3c(=O)c(-c4ccccc4Cl)coc23)CC(C)O1. The highest BCUT2D eigenvalue weighted by Gasteiger charge is 2.28. The molecule has 146 valence electrons. The van der Waals surface area contributed by atoms with Crippen molar-refractivity contribution < 1.29 is 19.2 Å². The van der Waals surface area contributed by atoms with Gasteiger partial charge in [0.15, 0.2) is 0 Å². The summed E-state index contributed by atoms with van der Waals surface area (Å²) in [7, 11) is 0. The molecule has 2 atom stereocenters. The van der Waals surface area contributed by atoms with Crippen molar-refractivity contribution in [1.29, 1.82) is 0 Å². The van der Waals surface area contributed by atoms with Gasteiger partial charge in [-0.3, -0.25) is 4.79 Å². The maximum absolute atomic E-state index is 13.1. The Bertz CT molecular complexity index is 1070. The Balaban J connectivity index is 1.78. The molecule has 2 aromatic carbocycles. The number of quaternary nitrogens is 1. The molecule has 0 amide bonds. The maximum atomic E-state index is 13.1. The Morgan fingerprint density at radius 1 is 1.11 bits per heavy atom. The first-order valence-corrected chi connectivity index (χ1v) is 9.82. The van der Waals surface area contributed by atoms with Crippen LogP contribution in [0.25, 0.3) is 22.1 Å². The molecular weight excluding hydrogens is 378 g/mol. The molecule has 0 aliphatic carbocycles. The summed E-state index contributed by atoms with van der Waals surface area (Å²) in [4.78, 5) is 14.4. The van der Waals surface area contributed by atoms with Crippen LogP contribution in [-0.4, -0.2) is 30.4 Å². The summed E-state index contributed by atoms with van der Waals surface area (Å²) in [6.07, 6.45) is 1.73. The first-order chi connectivity index (χ1) is 13.4. The largest absolute Gasteiger partial charge is 0.507 e. The number of phenols is 1. The van der Waals surface area contributed by atoms with Gasteiger partial charge in [-0.05, 0) is 32.0 Å². The molecule has 0 saturated carbocycles. The van der Waals surface area contributed by atoms with Crippen molar-refractivity contribution in [3.8, 4) is 16.9 Å². The van der Waals surface area contributed by atoms with E-state index in [4.69, 9.17) is 20.8 Å². The van der Waals surface area contributed by atoms with Gasteiger partial charge in [0.1, 0.15) is 49.4 Å². The quantitative estimate of drug-likeness (QED) is 0.709. The van der Waals surface area contributed by atoms with Crippen molar-refractivity contribution in [2.45, 2.75) is 32.6 Å². The molecule has 1 aliphatic heterocycles. The zero-order chi connectivity index (χ0) is 19.8. The van der Waals surface area contributed by atoms with Crippen LogP contribution in [-0.2, 0) is 11.3 Å². The molecule has 4 rings (SSSR count). The van der Waals surface area contributed by atoms with Gasteiger partial charge in [-0.1, -0.05) is 29.8 Å². The third kappa shape index (κ3) is 3.53. The minimum Gasteiger partial charge on any atom is -0.507 e. The van der Waals surface area contributed by atoms with Crippen LogP contribution in [0, 0.1) is 0 Å². The van der Waals surface area contributed by atoms with Gasteiger partial charge in [-0.2, -0.15) is 0 Å². The standard InChI is InChI=1S/C22H22ClNO4/c1-13-9-24(10-14(2)28-13)11-17-20(25)8-7-16-21(26)18(12-27-22(16)17)15-5-3-4-6-19(15)23/h3-8,12-14,25H,9-11H2,1-2H3/p+1. The highest BCUT2D eigenvalue weighted by molar-refractivity contribution is 6.33. The molecule has 3 aromatic rings. The number of rotatable bonds is 3. The number of morpholine rings is 1. The van der Waals surface area contributed by atoms with E-state index in [1.165, 1.54) is 11.2 Å². The van der Waals surface area contributed by atoms with Gasteiger partial charge in [0, 0.05) is 10.6 Å². The van der Waals surface area contributed by atoms with E-state index >= 15 is 0 Å². The molecule has 2 unspecified atom stereocenters. The van der Waals surface area contributed by atoms with Gasteiger partial charge in [0.2, 0.25) is 5.43 Å². The molecule has 2 N–H and O–H groups in total. The molecule has 6 heteroatoms. The number of phenolic OH excluding ortho intramolecular Hbond substituents is 1. The van der Waals surface area contributed by atoms with Crippen LogP contribution in [0.15, 0.2) is 51.9 Å². The summed E-state index contributed by atoms with van der Waals surface area (Å²) in [5, 5.41) is 11.4. The average molecular weight is 401 g/mol. The van der Waals surface area contributed by atoms with Crippen molar-refractivity contribution in [3.05, 3.63) is 63.5 Å². The van der Waals surface area contributed by atoms with Crippen molar-refractivity contribution in [1.82, 2.24) is 0 Å². The second kappa shape index (κ2) is 7.59. The molecule has 5 nitrogen and oxygen atoms in total. The highest BCUT2D eigenvalue weighted by Crippen LogP contribution is 2.30. The Labute approximate surface area is 168 Å². The van der Waals surface area contributed by atoms with Crippen LogP contribution in [0.1, 0.15) is 19.4 Å². The minimum absolute atomic E-state index is 0.139. The number of ether oxygens (including phenoxy) is 1. The molecule has 0 radical (unpaired) electrons. The summed E-state index contributed by atoms with van der Waals surface area (Å²) < 4.78 is 11.7. The van der Waals surface area contributed by atoms with Crippen molar-refractivity contribution in [2.75, 3.05) is 13.1 Å². The molecule has 1 fully saturated rings. The number of benzene rings is 2. The van der Waals surface area contributed by atoms with Crippen LogP contribution in [0.2, 0.25) is 5.02 Å². The van der Waals surface area contributed by atoms with Crippen LogP contribution >= 0.6 is 11.6 Å². The van der Waals surface area contributed by atoms with Crippen molar-refractivity contribution in [3.63, 3.8) is 0 Å². The molecule has 1 aromatic heterocycles. The summed E-state index contributed by atoms with van der Waals surface area (Å²) in [6.45, 7) is 6.34. The van der Waals surface area contributed by atoms with Crippen molar-refractivity contribution in [2.24, 2.45) is 0 Å². The normalized spacial score (nSPS) is 22.5. The van der Waals surface area contributed by atoms with Gasteiger partial charge in [0.05, 0.1) is 16.5 Å². The monoisotopic (exact) mass is 400 g/mol. The van der Waals surface area contributed by atoms with E-state index in [1.54, 1.807) is 24.3 Å². The van der Waals surface area contributed by atoms with E-state index in [0.29, 0.717) is 39.2 Å². The summed E-state index contributed by atoms with van der Waals surface area (Å²) in [6, 6.07) is 10.4. The van der Waals surface area contributed by atoms with Gasteiger partial charge < -0.3 is 19.2 Å². The fourth-order valence-electron chi connectivity index (χ4n) is 4.07. The zero-order valence-electron chi connectivity index (χ0n) is 15.9. The molecular formula is C22H23ClNO4+. The Morgan fingerprint density at radius 3 is 2.54 bits per heavy atom. The van der Waals surface area contributed by atoms with Crippen LogP contribution in [0.4, 0.5) is 0 Å². The van der Waals surface area contributed by atoms with Gasteiger partial charge in [0.25, 0.3) is 0 Å². The molecule has 2 heterocycles. The number of hydrogen-bond donors (Lipinski definition) is 2. The molecule has 0 spiro atoms. The molecule has 28 heavy (non-hydrogen) atoms. The van der Waals surface area contributed by atoms with Crippen LogP contribution < -0.4 is 10.3 Å². The lowest BCUT2D eigenvalue weighted by Gasteiger charge is -2.32.